The largest absolute Gasteiger partial charge is 0.352 e. The Labute approximate surface area is 167 Å². The number of hydrogen-bond acceptors (Lipinski definition) is 3. The topological polar surface area (TPSA) is 69.7 Å². The van der Waals surface area contributed by atoms with Crippen molar-refractivity contribution in [2.45, 2.75) is 6.42 Å². The van der Waals surface area contributed by atoms with Gasteiger partial charge < -0.3 is 15.1 Å². The van der Waals surface area contributed by atoms with Crippen LogP contribution in [0.2, 0.25) is 0 Å². The van der Waals surface area contributed by atoms with Crippen molar-refractivity contribution < 1.29 is 23.2 Å². The highest BCUT2D eigenvalue weighted by Crippen LogP contribution is 2.13. The summed E-state index contributed by atoms with van der Waals surface area (Å²) in [7, 11) is 0. The van der Waals surface area contributed by atoms with Crippen molar-refractivity contribution in [3.05, 3.63) is 71.3 Å². The molecule has 1 aliphatic heterocycles. The van der Waals surface area contributed by atoms with Crippen LogP contribution >= 0.6 is 0 Å². The molecule has 0 aromatic heterocycles. The van der Waals surface area contributed by atoms with Crippen LogP contribution in [0.3, 0.4) is 0 Å². The summed E-state index contributed by atoms with van der Waals surface area (Å²) in [6.45, 7) is 1.53. The Kier molecular flexibility index (Phi) is 6.54. The number of benzene rings is 2. The minimum Gasteiger partial charge on any atom is -0.352 e. The van der Waals surface area contributed by atoms with E-state index < -0.39 is 17.5 Å². The smallest absolute Gasteiger partial charge is 0.254 e. The molecule has 6 nitrogen and oxygen atoms in total. The third kappa shape index (κ3) is 5.16. The first-order valence-corrected chi connectivity index (χ1v) is 9.31. The van der Waals surface area contributed by atoms with Crippen LogP contribution in [0.15, 0.2) is 48.5 Å². The summed E-state index contributed by atoms with van der Waals surface area (Å²) < 4.78 is 26.4. The van der Waals surface area contributed by atoms with Crippen molar-refractivity contribution >= 4 is 17.7 Å². The van der Waals surface area contributed by atoms with Gasteiger partial charge in [0, 0.05) is 50.3 Å². The van der Waals surface area contributed by atoms with Gasteiger partial charge in [-0.25, -0.2) is 8.78 Å². The van der Waals surface area contributed by atoms with Crippen LogP contribution in [-0.4, -0.2) is 60.2 Å². The van der Waals surface area contributed by atoms with Gasteiger partial charge in [0.2, 0.25) is 5.91 Å². The zero-order valence-electron chi connectivity index (χ0n) is 15.7. The second-order valence-electron chi connectivity index (χ2n) is 6.67. The fourth-order valence-corrected chi connectivity index (χ4v) is 3.10. The lowest BCUT2D eigenvalue weighted by molar-refractivity contribution is -0.132. The van der Waals surface area contributed by atoms with E-state index >= 15 is 0 Å². The van der Waals surface area contributed by atoms with Gasteiger partial charge in [-0.3, -0.25) is 14.4 Å². The standard InChI is InChI=1S/C21H21F2N3O3/c22-17-7-6-16(14-18(17)23)21(29)26-12-10-25(11-13-26)19(27)8-9-24-20(28)15-4-2-1-3-5-15/h1-7,14H,8-13H2,(H,24,28). The van der Waals surface area contributed by atoms with Crippen LogP contribution in [0.25, 0.3) is 0 Å². The summed E-state index contributed by atoms with van der Waals surface area (Å²) in [6, 6.07) is 11.8. The Morgan fingerprint density at radius 1 is 0.828 bits per heavy atom. The molecule has 8 heteroatoms. The van der Waals surface area contributed by atoms with Crippen molar-refractivity contribution in [2.24, 2.45) is 0 Å². The van der Waals surface area contributed by atoms with Crippen molar-refractivity contribution in [1.82, 2.24) is 15.1 Å². The van der Waals surface area contributed by atoms with Gasteiger partial charge in [-0.05, 0) is 30.3 Å². The van der Waals surface area contributed by atoms with E-state index in [9.17, 15) is 23.2 Å². The molecule has 3 rings (SSSR count). The molecule has 1 saturated heterocycles. The minimum atomic E-state index is -1.07. The SMILES string of the molecule is O=C(NCCC(=O)N1CCN(C(=O)c2ccc(F)c(F)c2)CC1)c1ccccc1. The molecule has 1 aliphatic rings. The summed E-state index contributed by atoms with van der Waals surface area (Å²) >= 11 is 0. The highest BCUT2D eigenvalue weighted by atomic mass is 19.2. The van der Waals surface area contributed by atoms with Crippen molar-refractivity contribution in [1.29, 1.82) is 0 Å². The highest BCUT2D eigenvalue weighted by molar-refractivity contribution is 5.95. The quantitative estimate of drug-likeness (QED) is 0.834. The first-order chi connectivity index (χ1) is 14.0. The molecule has 0 spiro atoms. The van der Waals surface area contributed by atoms with Crippen LogP contribution in [0, 0.1) is 11.6 Å². The molecule has 0 aliphatic carbocycles. The van der Waals surface area contributed by atoms with Gasteiger partial charge in [0.05, 0.1) is 0 Å². The van der Waals surface area contributed by atoms with Gasteiger partial charge in [-0.15, -0.1) is 0 Å². The molecule has 0 atom stereocenters. The maximum absolute atomic E-state index is 13.3. The third-order valence-corrected chi connectivity index (χ3v) is 4.75. The number of halogens is 2. The number of nitrogens with one attached hydrogen (secondary N) is 1. The molecule has 3 amide bonds. The molecule has 0 bridgehead atoms. The van der Waals surface area contributed by atoms with Gasteiger partial charge in [0.25, 0.3) is 11.8 Å². The fourth-order valence-electron chi connectivity index (χ4n) is 3.10. The first-order valence-electron chi connectivity index (χ1n) is 9.31. The number of amides is 3. The summed E-state index contributed by atoms with van der Waals surface area (Å²) in [5.41, 5.74) is 0.608. The summed E-state index contributed by atoms with van der Waals surface area (Å²) in [5, 5.41) is 2.71. The Bertz CT molecular complexity index is 897. The van der Waals surface area contributed by atoms with Crippen molar-refractivity contribution in [3.8, 4) is 0 Å². The maximum Gasteiger partial charge on any atom is 0.254 e. The van der Waals surface area contributed by atoms with Crippen LogP contribution in [0.4, 0.5) is 8.78 Å². The van der Waals surface area contributed by atoms with Crippen molar-refractivity contribution in [2.75, 3.05) is 32.7 Å². The number of hydrogen-bond donors (Lipinski definition) is 1. The number of rotatable bonds is 5. The first kappa shape index (κ1) is 20.4. The van der Waals surface area contributed by atoms with Crippen LogP contribution < -0.4 is 5.32 Å². The predicted molar refractivity (Wildman–Crippen MR) is 102 cm³/mol. The zero-order valence-corrected chi connectivity index (χ0v) is 15.7. The van der Waals surface area contributed by atoms with Gasteiger partial charge >= 0.3 is 0 Å². The van der Waals surface area contributed by atoms with Gasteiger partial charge in [-0.2, -0.15) is 0 Å². The molecule has 1 fully saturated rings. The van der Waals surface area contributed by atoms with Gasteiger partial charge in [0.1, 0.15) is 0 Å². The molecular formula is C21H21F2N3O3. The zero-order chi connectivity index (χ0) is 20.8. The average Bonchev–Trinajstić information content (AvgIpc) is 2.75. The molecule has 0 radical (unpaired) electrons. The second-order valence-corrected chi connectivity index (χ2v) is 6.67. The average molecular weight is 401 g/mol. The number of piperazine rings is 1. The van der Waals surface area contributed by atoms with E-state index in [1.165, 1.54) is 11.0 Å². The van der Waals surface area contributed by atoms with E-state index in [0.29, 0.717) is 31.7 Å². The minimum absolute atomic E-state index is 0.0762. The fraction of sp³-hybridized carbons (Fsp3) is 0.286. The highest BCUT2D eigenvalue weighted by Gasteiger charge is 2.25. The molecule has 1 N–H and O–H groups in total. The molecule has 29 heavy (non-hydrogen) atoms. The Balaban J connectivity index is 1.44. The molecule has 0 saturated carbocycles. The molecule has 152 valence electrons. The predicted octanol–water partition coefficient (Wildman–Crippen LogP) is 2.07. The summed E-state index contributed by atoms with van der Waals surface area (Å²) in [4.78, 5) is 39.8. The monoisotopic (exact) mass is 401 g/mol. The van der Waals surface area contributed by atoms with E-state index in [4.69, 9.17) is 0 Å². The van der Waals surface area contributed by atoms with Crippen LogP contribution in [0.5, 0.6) is 0 Å². The van der Waals surface area contributed by atoms with Crippen LogP contribution in [-0.2, 0) is 4.79 Å². The molecule has 0 unspecified atom stereocenters. The Hall–Kier alpha value is -3.29. The normalized spacial score (nSPS) is 13.9. The van der Waals surface area contributed by atoms with E-state index in [0.717, 1.165) is 12.1 Å². The Morgan fingerprint density at radius 2 is 1.48 bits per heavy atom. The van der Waals surface area contributed by atoms with Gasteiger partial charge in [-0.1, -0.05) is 18.2 Å². The summed E-state index contributed by atoms with van der Waals surface area (Å²) in [6.07, 6.45) is 0.162. The molecule has 2 aromatic rings. The molecule has 1 heterocycles. The lowest BCUT2D eigenvalue weighted by atomic mass is 10.1. The van der Waals surface area contributed by atoms with E-state index in [1.54, 1.807) is 29.2 Å². The number of carbonyl (C=O) groups is 3. The number of carbonyl (C=O) groups excluding carboxylic acids is 3. The maximum atomic E-state index is 13.3. The van der Waals surface area contributed by atoms with Crippen LogP contribution in [0.1, 0.15) is 27.1 Å². The van der Waals surface area contributed by atoms with E-state index in [-0.39, 0.29) is 30.3 Å². The Morgan fingerprint density at radius 3 is 2.14 bits per heavy atom. The van der Waals surface area contributed by atoms with Gasteiger partial charge in [0.15, 0.2) is 11.6 Å². The molecular weight excluding hydrogens is 380 g/mol. The third-order valence-electron chi connectivity index (χ3n) is 4.75. The van der Waals surface area contributed by atoms with E-state index in [2.05, 4.69) is 5.32 Å². The molecule has 2 aromatic carbocycles. The summed E-state index contributed by atoms with van der Waals surface area (Å²) in [5.74, 6) is -2.82. The lowest BCUT2D eigenvalue weighted by Gasteiger charge is -2.35. The number of nitrogens with zero attached hydrogens (tertiary/aromatic N) is 2. The lowest BCUT2D eigenvalue weighted by Crippen LogP contribution is -2.51. The van der Waals surface area contributed by atoms with E-state index in [1.807, 2.05) is 6.07 Å². The second kappa shape index (κ2) is 9.27. The van der Waals surface area contributed by atoms with Crippen molar-refractivity contribution in [3.63, 3.8) is 0 Å².